The molecule has 8 heteroatoms. The summed E-state index contributed by atoms with van der Waals surface area (Å²) in [5, 5.41) is 3.41. The standard InChI is InChI=1S/C20H29N3O4S/c1-26-14-17(24)22-8-2-9-23(11-10-22)19(25)16-13-15-3-12-27-20(18(15)28-16)4-6-21-7-5-20/h13,21H,2-12,14H2,1H3. The van der Waals surface area contributed by atoms with Crippen LogP contribution in [0.5, 0.6) is 0 Å². The zero-order chi connectivity index (χ0) is 19.6. The Labute approximate surface area is 170 Å². The highest BCUT2D eigenvalue weighted by Gasteiger charge is 2.41. The number of rotatable bonds is 3. The van der Waals surface area contributed by atoms with Crippen LogP contribution in [-0.4, -0.2) is 81.2 Å². The molecule has 0 aliphatic carbocycles. The Hall–Kier alpha value is -1.48. The van der Waals surface area contributed by atoms with Gasteiger partial charge in [0.2, 0.25) is 5.91 Å². The zero-order valence-corrected chi connectivity index (χ0v) is 17.3. The van der Waals surface area contributed by atoms with Gasteiger partial charge >= 0.3 is 0 Å². The van der Waals surface area contributed by atoms with Crippen LogP contribution in [0.25, 0.3) is 0 Å². The van der Waals surface area contributed by atoms with Gasteiger partial charge < -0.3 is 24.6 Å². The van der Waals surface area contributed by atoms with E-state index in [9.17, 15) is 9.59 Å². The molecule has 154 valence electrons. The van der Waals surface area contributed by atoms with Crippen molar-refractivity contribution in [1.82, 2.24) is 15.1 Å². The van der Waals surface area contributed by atoms with Gasteiger partial charge in [-0.25, -0.2) is 0 Å². The van der Waals surface area contributed by atoms with E-state index in [2.05, 4.69) is 11.4 Å². The maximum absolute atomic E-state index is 13.2. The molecule has 2 fully saturated rings. The van der Waals surface area contributed by atoms with E-state index < -0.39 is 0 Å². The molecule has 1 spiro atoms. The van der Waals surface area contributed by atoms with Gasteiger partial charge in [-0.1, -0.05) is 0 Å². The Morgan fingerprint density at radius 3 is 2.75 bits per heavy atom. The van der Waals surface area contributed by atoms with E-state index in [1.807, 2.05) is 4.90 Å². The molecular weight excluding hydrogens is 378 g/mol. The maximum Gasteiger partial charge on any atom is 0.264 e. The molecular formula is C20H29N3O4S. The minimum Gasteiger partial charge on any atom is -0.375 e. The van der Waals surface area contributed by atoms with Crippen molar-refractivity contribution in [3.63, 3.8) is 0 Å². The van der Waals surface area contributed by atoms with Crippen LogP contribution in [0.1, 0.15) is 39.4 Å². The molecule has 0 unspecified atom stereocenters. The predicted molar refractivity (Wildman–Crippen MR) is 107 cm³/mol. The summed E-state index contributed by atoms with van der Waals surface area (Å²) in [5.74, 6) is 0.0814. The number of hydrogen-bond donors (Lipinski definition) is 1. The molecule has 7 nitrogen and oxygen atoms in total. The Morgan fingerprint density at radius 1 is 1.21 bits per heavy atom. The van der Waals surface area contributed by atoms with Gasteiger partial charge in [0, 0.05) is 38.2 Å². The second-order valence-corrected chi connectivity index (χ2v) is 8.82. The van der Waals surface area contributed by atoms with E-state index in [-0.39, 0.29) is 24.0 Å². The molecule has 0 radical (unpaired) electrons. The summed E-state index contributed by atoms with van der Waals surface area (Å²) in [6.07, 6.45) is 3.61. The second-order valence-electron chi connectivity index (χ2n) is 7.77. The highest BCUT2D eigenvalue weighted by atomic mass is 32.1. The van der Waals surface area contributed by atoms with Crippen LogP contribution in [0.4, 0.5) is 0 Å². The summed E-state index contributed by atoms with van der Waals surface area (Å²) in [7, 11) is 1.53. The largest absolute Gasteiger partial charge is 0.375 e. The molecule has 2 saturated heterocycles. The van der Waals surface area contributed by atoms with E-state index >= 15 is 0 Å². The number of amides is 2. The molecule has 1 aromatic rings. The molecule has 1 N–H and O–H groups in total. The van der Waals surface area contributed by atoms with Crippen molar-refractivity contribution in [2.75, 3.05) is 59.6 Å². The molecule has 3 aliphatic rings. The SMILES string of the molecule is COCC(=O)N1CCCN(C(=O)c2cc3c(s2)C2(CCNCC2)OCC3)CC1. The van der Waals surface area contributed by atoms with Gasteiger partial charge in [-0.15, -0.1) is 11.3 Å². The average Bonchev–Trinajstić information content (AvgIpc) is 3.00. The Balaban J connectivity index is 1.48. The minimum atomic E-state index is -0.204. The van der Waals surface area contributed by atoms with Gasteiger partial charge in [0.25, 0.3) is 5.91 Å². The number of nitrogens with one attached hydrogen (secondary N) is 1. The van der Waals surface area contributed by atoms with E-state index in [1.54, 1.807) is 16.2 Å². The average molecular weight is 408 g/mol. The maximum atomic E-state index is 13.2. The summed E-state index contributed by atoms with van der Waals surface area (Å²) in [5.41, 5.74) is 1.08. The lowest BCUT2D eigenvalue weighted by atomic mass is 9.86. The number of methoxy groups -OCH3 is 1. The summed E-state index contributed by atoms with van der Waals surface area (Å²) in [6, 6.07) is 2.09. The van der Waals surface area contributed by atoms with Crippen molar-refractivity contribution in [2.45, 2.75) is 31.3 Å². The lowest BCUT2D eigenvalue weighted by Gasteiger charge is -2.40. The first kappa shape index (κ1) is 19.8. The van der Waals surface area contributed by atoms with Crippen molar-refractivity contribution < 1.29 is 19.1 Å². The van der Waals surface area contributed by atoms with Crippen molar-refractivity contribution in [1.29, 1.82) is 0 Å². The molecule has 4 rings (SSSR count). The van der Waals surface area contributed by atoms with E-state index in [1.165, 1.54) is 17.6 Å². The summed E-state index contributed by atoms with van der Waals surface area (Å²) < 4.78 is 11.2. The molecule has 0 bridgehead atoms. The number of fused-ring (bicyclic) bond motifs is 2. The monoisotopic (exact) mass is 407 g/mol. The van der Waals surface area contributed by atoms with Crippen molar-refractivity contribution in [3.8, 4) is 0 Å². The van der Waals surface area contributed by atoms with Crippen molar-refractivity contribution in [3.05, 3.63) is 21.4 Å². The van der Waals surface area contributed by atoms with Gasteiger partial charge in [0.05, 0.1) is 11.5 Å². The Bertz CT molecular complexity index is 729. The predicted octanol–water partition coefficient (Wildman–Crippen LogP) is 1.22. The number of carbonyl (C=O) groups is 2. The minimum absolute atomic E-state index is 0.00612. The van der Waals surface area contributed by atoms with Crippen LogP contribution >= 0.6 is 11.3 Å². The number of nitrogens with zero attached hydrogens (tertiary/aromatic N) is 2. The first-order valence-corrected chi connectivity index (χ1v) is 11.0. The number of hydrogen-bond acceptors (Lipinski definition) is 6. The lowest BCUT2D eigenvalue weighted by Crippen LogP contribution is -2.44. The first-order chi connectivity index (χ1) is 13.6. The third-order valence-electron chi connectivity index (χ3n) is 6.00. The summed E-state index contributed by atoms with van der Waals surface area (Å²) in [4.78, 5) is 31.0. The molecule has 2 amide bonds. The molecule has 0 atom stereocenters. The molecule has 1 aromatic heterocycles. The van der Waals surface area contributed by atoms with Crippen molar-refractivity contribution >= 4 is 23.2 Å². The van der Waals surface area contributed by atoms with Gasteiger partial charge in [-0.3, -0.25) is 9.59 Å². The molecule has 28 heavy (non-hydrogen) atoms. The van der Waals surface area contributed by atoms with Crippen LogP contribution in [0.15, 0.2) is 6.07 Å². The lowest BCUT2D eigenvalue weighted by molar-refractivity contribution is -0.135. The van der Waals surface area contributed by atoms with Crippen LogP contribution in [0.3, 0.4) is 0 Å². The van der Waals surface area contributed by atoms with Crippen LogP contribution < -0.4 is 5.32 Å². The van der Waals surface area contributed by atoms with Gasteiger partial charge in [-0.2, -0.15) is 0 Å². The fourth-order valence-electron chi connectivity index (χ4n) is 4.47. The van der Waals surface area contributed by atoms with Gasteiger partial charge in [-0.05, 0) is 50.4 Å². The van der Waals surface area contributed by atoms with Crippen LogP contribution in [-0.2, 0) is 26.3 Å². The molecule has 3 aliphatic heterocycles. The first-order valence-electron chi connectivity index (χ1n) is 10.2. The fourth-order valence-corrected chi connectivity index (χ4v) is 5.85. The second kappa shape index (κ2) is 8.49. The van der Waals surface area contributed by atoms with E-state index in [0.717, 1.165) is 50.3 Å². The summed E-state index contributed by atoms with van der Waals surface area (Å²) in [6.45, 7) is 5.25. The fraction of sp³-hybridized carbons (Fsp3) is 0.700. The smallest absolute Gasteiger partial charge is 0.264 e. The van der Waals surface area contributed by atoms with E-state index in [4.69, 9.17) is 9.47 Å². The third kappa shape index (κ3) is 3.83. The van der Waals surface area contributed by atoms with Crippen LogP contribution in [0.2, 0.25) is 0 Å². The third-order valence-corrected chi connectivity index (χ3v) is 7.35. The highest BCUT2D eigenvalue weighted by molar-refractivity contribution is 7.14. The van der Waals surface area contributed by atoms with Crippen LogP contribution in [0, 0.1) is 0 Å². The van der Waals surface area contributed by atoms with Gasteiger partial charge in [0.1, 0.15) is 12.2 Å². The quantitative estimate of drug-likeness (QED) is 0.816. The summed E-state index contributed by atoms with van der Waals surface area (Å²) >= 11 is 1.62. The highest BCUT2D eigenvalue weighted by Crippen LogP contribution is 2.44. The topological polar surface area (TPSA) is 71.1 Å². The number of piperidine rings is 1. The normalized spacial score (nSPS) is 22.0. The Kier molecular flexibility index (Phi) is 6.01. The molecule has 0 aromatic carbocycles. The number of thiophene rings is 1. The van der Waals surface area contributed by atoms with E-state index in [0.29, 0.717) is 26.2 Å². The Morgan fingerprint density at radius 2 is 1.96 bits per heavy atom. The number of ether oxygens (including phenoxy) is 2. The molecule has 4 heterocycles. The molecule has 0 saturated carbocycles. The van der Waals surface area contributed by atoms with Crippen molar-refractivity contribution in [2.24, 2.45) is 0 Å². The zero-order valence-electron chi connectivity index (χ0n) is 16.5. The number of carbonyl (C=O) groups excluding carboxylic acids is 2. The van der Waals surface area contributed by atoms with Gasteiger partial charge in [0.15, 0.2) is 0 Å².